The Morgan fingerprint density at radius 3 is 1.63 bits per heavy atom. The Morgan fingerprint density at radius 1 is 0.733 bits per heavy atom. The van der Waals surface area contributed by atoms with Crippen molar-refractivity contribution in [1.82, 2.24) is 9.97 Å². The van der Waals surface area contributed by atoms with E-state index in [-0.39, 0.29) is 36.1 Å². The first kappa shape index (κ1) is 20.8. The van der Waals surface area contributed by atoms with Crippen LogP contribution in [0.5, 0.6) is 11.8 Å². The maximum atomic E-state index is 12.3. The van der Waals surface area contributed by atoms with Gasteiger partial charge in [-0.15, -0.1) is 0 Å². The van der Waals surface area contributed by atoms with Crippen molar-refractivity contribution in [2.75, 3.05) is 14.2 Å². The maximum absolute atomic E-state index is 12.3. The zero-order valence-corrected chi connectivity index (χ0v) is 16.5. The lowest BCUT2D eigenvalue weighted by atomic mass is 10.1. The molecule has 1 aromatic carbocycles. The molecule has 3 rings (SSSR count). The molecule has 0 fully saturated rings. The number of hydrogen-bond donors (Lipinski definition) is 0. The van der Waals surface area contributed by atoms with Gasteiger partial charge in [-0.25, -0.2) is 19.6 Å². The molecule has 8 heteroatoms. The highest BCUT2D eigenvalue weighted by Gasteiger charge is 2.16. The molecule has 3 aromatic rings. The van der Waals surface area contributed by atoms with Gasteiger partial charge in [0.1, 0.15) is 24.3 Å². The molecule has 0 aliphatic rings. The van der Waals surface area contributed by atoms with Gasteiger partial charge in [0.05, 0.1) is 14.2 Å². The second-order valence-corrected chi connectivity index (χ2v) is 6.09. The SMILES string of the molecule is COc1ncccc1C(=O)OCc1cccc(COC(=O)c2cccnc2OC)c1. The minimum absolute atomic E-state index is 0.0507. The molecule has 2 aromatic heterocycles. The summed E-state index contributed by atoms with van der Waals surface area (Å²) in [6.45, 7) is 0.101. The topological polar surface area (TPSA) is 96.8 Å². The van der Waals surface area contributed by atoms with Crippen LogP contribution in [0.2, 0.25) is 0 Å². The molecule has 2 heterocycles. The highest BCUT2D eigenvalue weighted by molar-refractivity contribution is 5.92. The van der Waals surface area contributed by atoms with Crippen molar-refractivity contribution in [3.05, 3.63) is 83.2 Å². The monoisotopic (exact) mass is 408 g/mol. The van der Waals surface area contributed by atoms with Crippen LogP contribution in [0.3, 0.4) is 0 Å². The van der Waals surface area contributed by atoms with Crippen LogP contribution in [0.25, 0.3) is 0 Å². The first-order valence-electron chi connectivity index (χ1n) is 9.02. The maximum Gasteiger partial charge on any atom is 0.343 e. The first-order valence-corrected chi connectivity index (χ1v) is 9.02. The van der Waals surface area contributed by atoms with Gasteiger partial charge in [-0.2, -0.15) is 0 Å². The average Bonchev–Trinajstić information content (AvgIpc) is 2.81. The molecule has 0 radical (unpaired) electrons. The van der Waals surface area contributed by atoms with Gasteiger partial charge in [-0.3, -0.25) is 0 Å². The third-order valence-electron chi connectivity index (χ3n) is 4.10. The van der Waals surface area contributed by atoms with E-state index in [0.29, 0.717) is 0 Å². The molecule has 0 amide bonds. The van der Waals surface area contributed by atoms with E-state index >= 15 is 0 Å². The number of ether oxygens (including phenoxy) is 4. The van der Waals surface area contributed by atoms with Crippen LogP contribution in [0.15, 0.2) is 60.9 Å². The third-order valence-corrected chi connectivity index (χ3v) is 4.10. The number of carbonyl (C=O) groups excluding carboxylic acids is 2. The molecular weight excluding hydrogens is 388 g/mol. The summed E-state index contributed by atoms with van der Waals surface area (Å²) >= 11 is 0. The summed E-state index contributed by atoms with van der Waals surface area (Å²) in [5, 5.41) is 0. The Labute approximate surface area is 173 Å². The van der Waals surface area contributed by atoms with Gasteiger partial charge in [0.15, 0.2) is 0 Å². The molecular formula is C22H20N2O6. The van der Waals surface area contributed by atoms with E-state index in [1.165, 1.54) is 26.6 Å². The van der Waals surface area contributed by atoms with Gasteiger partial charge < -0.3 is 18.9 Å². The molecule has 154 valence electrons. The normalized spacial score (nSPS) is 10.2. The number of methoxy groups -OCH3 is 2. The first-order chi connectivity index (χ1) is 14.6. The number of carbonyl (C=O) groups is 2. The van der Waals surface area contributed by atoms with Gasteiger partial charge >= 0.3 is 11.9 Å². The molecule has 0 aliphatic heterocycles. The van der Waals surface area contributed by atoms with E-state index in [4.69, 9.17) is 18.9 Å². The molecule has 30 heavy (non-hydrogen) atoms. The fourth-order valence-electron chi connectivity index (χ4n) is 2.68. The molecule has 8 nitrogen and oxygen atoms in total. The predicted octanol–water partition coefficient (Wildman–Crippen LogP) is 3.21. The van der Waals surface area contributed by atoms with Crippen LogP contribution in [0.1, 0.15) is 31.8 Å². The highest BCUT2D eigenvalue weighted by Crippen LogP contribution is 2.18. The van der Waals surface area contributed by atoms with Crippen LogP contribution < -0.4 is 9.47 Å². The largest absolute Gasteiger partial charge is 0.480 e. The number of benzene rings is 1. The van der Waals surface area contributed by atoms with Crippen molar-refractivity contribution in [3.8, 4) is 11.8 Å². The fourth-order valence-corrected chi connectivity index (χ4v) is 2.68. The van der Waals surface area contributed by atoms with Crippen LogP contribution >= 0.6 is 0 Å². The number of nitrogens with zero attached hydrogens (tertiary/aromatic N) is 2. The molecule has 0 aliphatic carbocycles. The van der Waals surface area contributed by atoms with Crippen LogP contribution in [-0.4, -0.2) is 36.1 Å². The fraction of sp³-hybridized carbons (Fsp3) is 0.182. The van der Waals surface area contributed by atoms with Crippen LogP contribution in [-0.2, 0) is 22.7 Å². The molecule has 0 spiro atoms. The number of esters is 2. The molecule has 0 N–H and O–H groups in total. The summed E-state index contributed by atoms with van der Waals surface area (Å²) in [5.74, 6) is -0.677. The van der Waals surface area contributed by atoms with E-state index in [1.807, 2.05) is 12.1 Å². The molecule has 0 saturated heterocycles. The lowest BCUT2D eigenvalue weighted by Crippen LogP contribution is -2.09. The van der Waals surface area contributed by atoms with Gasteiger partial charge in [0.2, 0.25) is 11.8 Å². The summed E-state index contributed by atoms with van der Waals surface area (Å²) in [7, 11) is 2.87. The third kappa shape index (κ3) is 5.11. The lowest BCUT2D eigenvalue weighted by molar-refractivity contribution is 0.0466. The quantitative estimate of drug-likeness (QED) is 0.524. The number of aromatic nitrogens is 2. The summed E-state index contributed by atoms with van der Waals surface area (Å²) in [4.78, 5) is 32.5. The molecule has 0 atom stereocenters. The van der Waals surface area contributed by atoms with Crippen molar-refractivity contribution in [1.29, 1.82) is 0 Å². The molecule has 0 unspecified atom stereocenters. The van der Waals surface area contributed by atoms with Crippen LogP contribution in [0, 0.1) is 0 Å². The van der Waals surface area contributed by atoms with Gasteiger partial charge in [0, 0.05) is 12.4 Å². The summed E-state index contributed by atoms with van der Waals surface area (Å²) in [6, 6.07) is 13.6. The summed E-state index contributed by atoms with van der Waals surface area (Å²) < 4.78 is 20.8. The van der Waals surface area contributed by atoms with E-state index in [2.05, 4.69) is 9.97 Å². The van der Waals surface area contributed by atoms with Crippen molar-refractivity contribution < 1.29 is 28.5 Å². The van der Waals surface area contributed by atoms with E-state index in [1.54, 1.807) is 36.4 Å². The second-order valence-electron chi connectivity index (χ2n) is 6.09. The zero-order chi connectivity index (χ0) is 21.3. The average molecular weight is 408 g/mol. The smallest absolute Gasteiger partial charge is 0.343 e. The van der Waals surface area contributed by atoms with Crippen molar-refractivity contribution in [3.63, 3.8) is 0 Å². The Kier molecular flexibility index (Phi) is 6.94. The van der Waals surface area contributed by atoms with Crippen molar-refractivity contribution in [2.24, 2.45) is 0 Å². The molecule has 0 saturated carbocycles. The van der Waals surface area contributed by atoms with E-state index < -0.39 is 11.9 Å². The van der Waals surface area contributed by atoms with E-state index in [0.717, 1.165) is 11.1 Å². The Morgan fingerprint density at radius 2 is 1.20 bits per heavy atom. The van der Waals surface area contributed by atoms with Gasteiger partial charge in [0.25, 0.3) is 0 Å². The second kappa shape index (κ2) is 10.0. The number of rotatable bonds is 8. The Balaban J connectivity index is 1.59. The van der Waals surface area contributed by atoms with Crippen molar-refractivity contribution >= 4 is 11.9 Å². The standard InChI is InChI=1S/C22H20N2O6/c1-27-19-17(8-4-10-23-19)21(25)29-13-15-6-3-7-16(12-15)14-30-22(26)18-9-5-11-24-20(18)28-2/h3-12H,13-14H2,1-2H3. The minimum atomic E-state index is -0.541. The Bertz CT molecular complexity index is 959. The molecule has 0 bridgehead atoms. The number of pyridine rings is 2. The predicted molar refractivity (Wildman–Crippen MR) is 106 cm³/mol. The lowest BCUT2D eigenvalue weighted by Gasteiger charge is -2.10. The van der Waals surface area contributed by atoms with Crippen molar-refractivity contribution in [2.45, 2.75) is 13.2 Å². The van der Waals surface area contributed by atoms with Crippen LogP contribution in [0.4, 0.5) is 0 Å². The van der Waals surface area contributed by atoms with Gasteiger partial charge in [-0.05, 0) is 41.5 Å². The number of hydrogen-bond acceptors (Lipinski definition) is 8. The minimum Gasteiger partial charge on any atom is -0.480 e. The highest BCUT2D eigenvalue weighted by atomic mass is 16.5. The zero-order valence-electron chi connectivity index (χ0n) is 16.5. The summed E-state index contributed by atoms with van der Waals surface area (Å²) in [6.07, 6.45) is 3.06. The van der Waals surface area contributed by atoms with E-state index in [9.17, 15) is 9.59 Å². The summed E-state index contributed by atoms with van der Waals surface area (Å²) in [5.41, 5.74) is 1.99. The Hall–Kier alpha value is -3.94. The van der Waals surface area contributed by atoms with Gasteiger partial charge in [-0.1, -0.05) is 18.2 Å².